The third-order valence-electron chi connectivity index (χ3n) is 4.48. The van der Waals surface area contributed by atoms with Gasteiger partial charge in [-0.1, -0.05) is 54.6 Å². The van der Waals surface area contributed by atoms with Gasteiger partial charge in [-0.05, 0) is 23.1 Å². The van der Waals surface area contributed by atoms with Crippen LogP contribution >= 0.6 is 0 Å². The zero-order valence-corrected chi connectivity index (χ0v) is 14.1. The molecule has 0 bridgehead atoms. The maximum Gasteiger partial charge on any atom is 0.237 e. The molecule has 1 unspecified atom stereocenters. The number of nitrogens with one attached hydrogen (secondary N) is 1. The van der Waals surface area contributed by atoms with E-state index in [1.807, 2.05) is 24.3 Å². The fraction of sp³-hybridized carbons (Fsp3) is 0.350. The van der Waals surface area contributed by atoms with Crippen molar-refractivity contribution in [1.82, 2.24) is 10.2 Å². The molecule has 1 heterocycles. The third kappa shape index (κ3) is 4.02. The van der Waals surface area contributed by atoms with E-state index in [1.165, 1.54) is 16.7 Å². The van der Waals surface area contributed by atoms with Crippen LogP contribution in [-0.2, 0) is 29.0 Å². The van der Waals surface area contributed by atoms with Crippen molar-refractivity contribution in [3.05, 3.63) is 71.3 Å². The van der Waals surface area contributed by atoms with Gasteiger partial charge in [0.1, 0.15) is 0 Å². The Morgan fingerprint density at radius 3 is 2.58 bits per heavy atom. The smallest absolute Gasteiger partial charge is 0.237 e. The first-order valence-electron chi connectivity index (χ1n) is 8.39. The van der Waals surface area contributed by atoms with Crippen LogP contribution < -0.4 is 5.32 Å². The molecule has 0 radical (unpaired) electrons. The van der Waals surface area contributed by atoms with Crippen molar-refractivity contribution in [3.8, 4) is 0 Å². The molecule has 1 N–H and O–H groups in total. The van der Waals surface area contributed by atoms with Gasteiger partial charge in [0.05, 0.1) is 12.6 Å². The molecule has 2 aromatic carbocycles. The van der Waals surface area contributed by atoms with Crippen LogP contribution in [-0.4, -0.2) is 37.1 Å². The van der Waals surface area contributed by atoms with Gasteiger partial charge < -0.3 is 10.1 Å². The SMILES string of the molecule is COCCNC(=O)C1Cc2ccccc2CN1Cc1ccccc1. The summed E-state index contributed by atoms with van der Waals surface area (Å²) in [4.78, 5) is 14.9. The average Bonchev–Trinajstić information content (AvgIpc) is 2.62. The molecule has 1 atom stereocenters. The molecule has 0 fully saturated rings. The predicted molar refractivity (Wildman–Crippen MR) is 94.5 cm³/mol. The quantitative estimate of drug-likeness (QED) is 0.830. The van der Waals surface area contributed by atoms with Crippen molar-refractivity contribution in [2.75, 3.05) is 20.3 Å². The van der Waals surface area contributed by atoms with E-state index in [0.29, 0.717) is 13.2 Å². The molecule has 126 valence electrons. The summed E-state index contributed by atoms with van der Waals surface area (Å²) in [6, 6.07) is 18.6. The maximum atomic E-state index is 12.7. The summed E-state index contributed by atoms with van der Waals surface area (Å²) >= 11 is 0. The Morgan fingerprint density at radius 1 is 1.12 bits per heavy atom. The minimum atomic E-state index is -0.142. The maximum absolute atomic E-state index is 12.7. The van der Waals surface area contributed by atoms with Gasteiger partial charge >= 0.3 is 0 Å². The second-order valence-electron chi connectivity index (χ2n) is 6.16. The lowest BCUT2D eigenvalue weighted by molar-refractivity contribution is -0.127. The summed E-state index contributed by atoms with van der Waals surface area (Å²) in [5, 5.41) is 2.99. The summed E-state index contributed by atoms with van der Waals surface area (Å²) in [6.45, 7) is 2.66. The number of fused-ring (bicyclic) bond motifs is 1. The molecule has 4 nitrogen and oxygen atoms in total. The fourth-order valence-corrected chi connectivity index (χ4v) is 3.21. The molecule has 0 spiro atoms. The highest BCUT2D eigenvalue weighted by molar-refractivity contribution is 5.82. The van der Waals surface area contributed by atoms with Crippen LogP contribution in [0.3, 0.4) is 0 Å². The first-order chi connectivity index (χ1) is 11.8. The first kappa shape index (κ1) is 16.7. The van der Waals surface area contributed by atoms with Crippen LogP contribution in [0.2, 0.25) is 0 Å². The van der Waals surface area contributed by atoms with E-state index in [0.717, 1.165) is 19.5 Å². The Kier molecular flexibility index (Phi) is 5.62. The van der Waals surface area contributed by atoms with Crippen LogP contribution in [0.25, 0.3) is 0 Å². The molecule has 1 aliphatic rings. The predicted octanol–water partition coefficient (Wildman–Crippen LogP) is 2.38. The monoisotopic (exact) mass is 324 g/mol. The number of amides is 1. The Balaban J connectivity index is 1.78. The summed E-state index contributed by atoms with van der Waals surface area (Å²) in [5.74, 6) is 0.0810. The van der Waals surface area contributed by atoms with Crippen LogP contribution in [0.1, 0.15) is 16.7 Å². The van der Waals surface area contributed by atoms with E-state index >= 15 is 0 Å². The lowest BCUT2D eigenvalue weighted by atomic mass is 9.93. The Morgan fingerprint density at radius 2 is 1.83 bits per heavy atom. The highest BCUT2D eigenvalue weighted by atomic mass is 16.5. The Hall–Kier alpha value is -2.17. The molecule has 3 rings (SSSR count). The molecule has 1 aliphatic heterocycles. The molecule has 2 aromatic rings. The molecular formula is C20H24N2O2. The second kappa shape index (κ2) is 8.08. The molecule has 0 saturated carbocycles. The van der Waals surface area contributed by atoms with E-state index in [4.69, 9.17) is 4.74 Å². The highest BCUT2D eigenvalue weighted by Gasteiger charge is 2.31. The number of carbonyl (C=O) groups excluding carboxylic acids is 1. The first-order valence-corrected chi connectivity index (χ1v) is 8.39. The standard InChI is InChI=1S/C20H24N2O2/c1-24-12-11-21-20(23)19-13-17-9-5-6-10-18(17)15-22(19)14-16-7-3-2-4-8-16/h2-10,19H,11-15H2,1H3,(H,21,23). The van der Waals surface area contributed by atoms with Gasteiger partial charge in [0, 0.05) is 26.7 Å². The molecule has 4 heteroatoms. The lowest BCUT2D eigenvalue weighted by Gasteiger charge is -2.36. The number of hydrogen-bond acceptors (Lipinski definition) is 3. The zero-order valence-electron chi connectivity index (χ0n) is 14.1. The van der Waals surface area contributed by atoms with Crippen molar-refractivity contribution in [2.24, 2.45) is 0 Å². The van der Waals surface area contributed by atoms with Gasteiger partial charge in [-0.15, -0.1) is 0 Å². The number of nitrogens with zero attached hydrogens (tertiary/aromatic N) is 1. The summed E-state index contributed by atoms with van der Waals surface area (Å²) in [7, 11) is 1.64. The van der Waals surface area contributed by atoms with E-state index in [1.54, 1.807) is 7.11 Å². The van der Waals surface area contributed by atoms with Gasteiger partial charge in [0.2, 0.25) is 5.91 Å². The molecule has 0 saturated heterocycles. The summed E-state index contributed by atoms with van der Waals surface area (Å²) < 4.78 is 5.03. The van der Waals surface area contributed by atoms with Gasteiger partial charge in [0.15, 0.2) is 0 Å². The number of ether oxygens (including phenoxy) is 1. The van der Waals surface area contributed by atoms with E-state index < -0.39 is 0 Å². The van der Waals surface area contributed by atoms with Crippen molar-refractivity contribution >= 4 is 5.91 Å². The Labute approximate surface area is 143 Å². The van der Waals surface area contributed by atoms with Crippen molar-refractivity contribution in [1.29, 1.82) is 0 Å². The van der Waals surface area contributed by atoms with Crippen LogP contribution in [0.15, 0.2) is 54.6 Å². The second-order valence-corrected chi connectivity index (χ2v) is 6.16. The minimum absolute atomic E-state index is 0.0810. The van der Waals surface area contributed by atoms with E-state index in [2.05, 4.69) is 40.5 Å². The zero-order chi connectivity index (χ0) is 16.8. The Bertz CT molecular complexity index is 672. The van der Waals surface area contributed by atoms with Crippen LogP contribution in [0.4, 0.5) is 0 Å². The van der Waals surface area contributed by atoms with Crippen LogP contribution in [0, 0.1) is 0 Å². The molecule has 24 heavy (non-hydrogen) atoms. The highest BCUT2D eigenvalue weighted by Crippen LogP contribution is 2.25. The number of carbonyl (C=O) groups is 1. The largest absolute Gasteiger partial charge is 0.383 e. The number of methoxy groups -OCH3 is 1. The molecule has 1 amide bonds. The number of hydrogen-bond donors (Lipinski definition) is 1. The van der Waals surface area contributed by atoms with Gasteiger partial charge in [-0.3, -0.25) is 9.69 Å². The molecular weight excluding hydrogens is 300 g/mol. The van der Waals surface area contributed by atoms with Crippen molar-refractivity contribution < 1.29 is 9.53 Å². The van der Waals surface area contributed by atoms with Gasteiger partial charge in [-0.25, -0.2) is 0 Å². The van der Waals surface area contributed by atoms with E-state index in [-0.39, 0.29) is 11.9 Å². The summed E-state index contributed by atoms with van der Waals surface area (Å²) in [6.07, 6.45) is 0.752. The lowest BCUT2D eigenvalue weighted by Crippen LogP contribution is -2.50. The van der Waals surface area contributed by atoms with Gasteiger partial charge in [-0.2, -0.15) is 0 Å². The average molecular weight is 324 g/mol. The van der Waals surface area contributed by atoms with Crippen molar-refractivity contribution in [3.63, 3.8) is 0 Å². The minimum Gasteiger partial charge on any atom is -0.383 e. The van der Waals surface area contributed by atoms with Gasteiger partial charge in [0.25, 0.3) is 0 Å². The molecule has 0 aromatic heterocycles. The molecule has 0 aliphatic carbocycles. The normalized spacial score (nSPS) is 17.3. The third-order valence-corrected chi connectivity index (χ3v) is 4.48. The van der Waals surface area contributed by atoms with E-state index in [9.17, 15) is 4.79 Å². The number of benzene rings is 2. The van der Waals surface area contributed by atoms with Crippen molar-refractivity contribution in [2.45, 2.75) is 25.6 Å². The topological polar surface area (TPSA) is 41.6 Å². The fourth-order valence-electron chi connectivity index (χ4n) is 3.21. The number of rotatable bonds is 6. The summed E-state index contributed by atoms with van der Waals surface area (Å²) in [5.41, 5.74) is 3.81. The van der Waals surface area contributed by atoms with Crippen LogP contribution in [0.5, 0.6) is 0 Å².